The van der Waals surface area contributed by atoms with E-state index in [1.54, 1.807) is 6.92 Å². The largest absolute Gasteiger partial charge is 0.481 e. The highest BCUT2D eigenvalue weighted by molar-refractivity contribution is 5.81. The minimum Gasteiger partial charge on any atom is -0.481 e. The highest BCUT2D eigenvalue weighted by Crippen LogP contribution is 2.55. The Labute approximate surface area is 147 Å². The van der Waals surface area contributed by atoms with Crippen molar-refractivity contribution in [2.75, 3.05) is 0 Å². The highest BCUT2D eigenvalue weighted by atomic mass is 16.6. The summed E-state index contributed by atoms with van der Waals surface area (Å²) in [6.07, 6.45) is 6.71. The first-order valence-electron chi connectivity index (χ1n) is 9.15. The fourth-order valence-corrected chi connectivity index (χ4v) is 5.53. The summed E-state index contributed by atoms with van der Waals surface area (Å²) in [5.74, 6) is 2.71. The van der Waals surface area contributed by atoms with E-state index in [4.69, 9.17) is 4.74 Å². The van der Waals surface area contributed by atoms with Crippen LogP contribution in [-0.2, 0) is 4.79 Å². The van der Waals surface area contributed by atoms with Crippen molar-refractivity contribution < 1.29 is 14.5 Å². The van der Waals surface area contributed by atoms with Crippen LogP contribution >= 0.6 is 0 Å². The number of amides is 1. The van der Waals surface area contributed by atoms with Gasteiger partial charge in [0.2, 0.25) is 0 Å². The maximum atomic E-state index is 12.7. The van der Waals surface area contributed by atoms with Crippen LogP contribution in [0.2, 0.25) is 0 Å². The predicted octanol–water partition coefficient (Wildman–Crippen LogP) is 3.45. The first kappa shape index (κ1) is 16.4. The molecule has 5 rings (SSSR count). The molecule has 1 N–H and O–H groups in total. The quantitative estimate of drug-likeness (QED) is 0.655. The smallest absolute Gasteiger partial charge is 0.269 e. The van der Waals surface area contributed by atoms with Crippen molar-refractivity contribution in [2.24, 2.45) is 17.8 Å². The zero-order chi connectivity index (χ0) is 17.6. The second kappa shape index (κ2) is 6.00. The molecule has 1 amide bonds. The number of carbonyl (C=O) groups excluding carboxylic acids is 1. The molecule has 0 heterocycles. The van der Waals surface area contributed by atoms with Crippen molar-refractivity contribution in [3.63, 3.8) is 0 Å². The lowest BCUT2D eigenvalue weighted by Crippen LogP contribution is -2.61. The molecule has 0 saturated heterocycles. The molecule has 0 spiro atoms. The van der Waals surface area contributed by atoms with Crippen LogP contribution in [0.3, 0.4) is 0 Å². The number of ether oxygens (including phenoxy) is 1. The molecule has 0 unspecified atom stereocenters. The number of carbonyl (C=O) groups is 1. The third kappa shape index (κ3) is 3.22. The number of non-ortho nitro benzene ring substituents is 1. The molecular formula is C19H24N2O4. The fourth-order valence-electron chi connectivity index (χ4n) is 5.53. The molecule has 4 saturated carbocycles. The first-order valence-corrected chi connectivity index (χ1v) is 9.15. The van der Waals surface area contributed by atoms with Gasteiger partial charge in [0.25, 0.3) is 11.6 Å². The topological polar surface area (TPSA) is 81.5 Å². The van der Waals surface area contributed by atoms with Crippen LogP contribution in [0.4, 0.5) is 5.69 Å². The normalized spacial score (nSPS) is 33.7. The van der Waals surface area contributed by atoms with Gasteiger partial charge in [-0.05, 0) is 75.3 Å². The summed E-state index contributed by atoms with van der Waals surface area (Å²) < 4.78 is 5.69. The molecule has 25 heavy (non-hydrogen) atoms. The van der Waals surface area contributed by atoms with Crippen LogP contribution < -0.4 is 10.1 Å². The zero-order valence-electron chi connectivity index (χ0n) is 14.4. The molecule has 4 aliphatic rings. The van der Waals surface area contributed by atoms with Crippen molar-refractivity contribution in [3.8, 4) is 5.75 Å². The number of rotatable bonds is 5. The maximum Gasteiger partial charge on any atom is 0.269 e. The molecule has 6 heteroatoms. The minimum absolute atomic E-state index is 0.0121. The van der Waals surface area contributed by atoms with Gasteiger partial charge in [-0.15, -0.1) is 0 Å². The average molecular weight is 344 g/mol. The number of nitrogens with one attached hydrogen (secondary N) is 1. The molecule has 4 fully saturated rings. The molecule has 4 bridgehead atoms. The number of nitrogens with zero attached hydrogens (tertiary/aromatic N) is 1. The minimum atomic E-state index is -0.616. The van der Waals surface area contributed by atoms with Crippen LogP contribution in [0.5, 0.6) is 5.75 Å². The molecule has 0 aromatic heterocycles. The van der Waals surface area contributed by atoms with Crippen molar-refractivity contribution in [2.45, 2.75) is 57.1 Å². The Morgan fingerprint density at radius 2 is 1.68 bits per heavy atom. The summed E-state index contributed by atoms with van der Waals surface area (Å²) in [4.78, 5) is 22.9. The number of nitro groups is 1. The van der Waals surface area contributed by atoms with E-state index >= 15 is 0 Å². The van der Waals surface area contributed by atoms with E-state index in [0.29, 0.717) is 5.75 Å². The van der Waals surface area contributed by atoms with Gasteiger partial charge in [0.15, 0.2) is 6.10 Å². The summed E-state index contributed by atoms with van der Waals surface area (Å²) in [6, 6.07) is 5.84. The second-order valence-corrected chi connectivity index (χ2v) is 8.20. The van der Waals surface area contributed by atoms with Crippen LogP contribution in [0.1, 0.15) is 45.4 Å². The van der Waals surface area contributed by atoms with E-state index < -0.39 is 11.0 Å². The van der Waals surface area contributed by atoms with Crippen LogP contribution in [-0.4, -0.2) is 22.5 Å². The Hall–Kier alpha value is -2.11. The van der Waals surface area contributed by atoms with Crippen LogP contribution in [0, 0.1) is 27.9 Å². The zero-order valence-corrected chi connectivity index (χ0v) is 14.4. The first-order chi connectivity index (χ1) is 11.9. The standard InChI is InChI=1S/C19H24N2O4/c1-12(25-17-4-2-16(3-5-17)21(23)24)18(22)20-19-9-13-6-14(10-19)8-15(7-13)11-19/h2-5,12-15H,6-11H2,1H3,(H,20,22)/t12-,13?,14?,15?,19?/m1/s1. The Balaban J connectivity index is 1.38. The Kier molecular flexibility index (Phi) is 3.93. The van der Waals surface area contributed by atoms with Gasteiger partial charge in [0.05, 0.1) is 4.92 Å². The number of hydrogen-bond donors (Lipinski definition) is 1. The van der Waals surface area contributed by atoms with Gasteiger partial charge < -0.3 is 10.1 Å². The average Bonchev–Trinajstić information content (AvgIpc) is 2.53. The number of nitro benzene ring substituents is 1. The summed E-state index contributed by atoms with van der Waals surface area (Å²) >= 11 is 0. The van der Waals surface area contributed by atoms with Crippen molar-refractivity contribution in [3.05, 3.63) is 34.4 Å². The van der Waals surface area contributed by atoms with Crippen LogP contribution in [0.15, 0.2) is 24.3 Å². The SMILES string of the molecule is C[C@@H](Oc1ccc([N+](=O)[O-])cc1)C(=O)NC12CC3CC(CC(C3)C1)C2. The van der Waals surface area contributed by atoms with E-state index in [9.17, 15) is 14.9 Å². The fraction of sp³-hybridized carbons (Fsp3) is 0.632. The lowest BCUT2D eigenvalue weighted by atomic mass is 9.53. The Morgan fingerprint density at radius 3 is 2.16 bits per heavy atom. The molecule has 4 aliphatic carbocycles. The van der Waals surface area contributed by atoms with Gasteiger partial charge in [-0.25, -0.2) is 0 Å². The van der Waals surface area contributed by atoms with Crippen molar-refractivity contribution in [1.82, 2.24) is 5.32 Å². The molecular weight excluding hydrogens is 320 g/mol. The third-order valence-corrected chi connectivity index (χ3v) is 6.16. The van der Waals surface area contributed by atoms with Crippen molar-refractivity contribution >= 4 is 11.6 Å². The lowest BCUT2D eigenvalue weighted by Gasteiger charge is -2.57. The van der Waals surface area contributed by atoms with E-state index in [-0.39, 0.29) is 17.1 Å². The Bertz CT molecular complexity index is 650. The number of benzene rings is 1. The van der Waals surface area contributed by atoms with Gasteiger partial charge in [-0.3, -0.25) is 14.9 Å². The molecule has 0 radical (unpaired) electrons. The van der Waals surface area contributed by atoms with Gasteiger partial charge in [-0.1, -0.05) is 0 Å². The molecule has 0 aliphatic heterocycles. The molecule has 134 valence electrons. The molecule has 1 atom stereocenters. The van der Waals surface area contributed by atoms with Crippen molar-refractivity contribution in [1.29, 1.82) is 0 Å². The molecule has 1 aromatic carbocycles. The van der Waals surface area contributed by atoms with Crippen LogP contribution in [0.25, 0.3) is 0 Å². The number of hydrogen-bond acceptors (Lipinski definition) is 4. The molecule has 6 nitrogen and oxygen atoms in total. The molecule has 1 aromatic rings. The highest BCUT2D eigenvalue weighted by Gasteiger charge is 2.51. The summed E-state index contributed by atoms with van der Waals surface area (Å²) in [5.41, 5.74) is -0.0168. The second-order valence-electron chi connectivity index (χ2n) is 8.20. The van der Waals surface area contributed by atoms with E-state index in [1.165, 1.54) is 43.5 Å². The maximum absolute atomic E-state index is 12.7. The summed E-state index contributed by atoms with van der Waals surface area (Å²) in [7, 11) is 0. The van der Waals surface area contributed by atoms with E-state index in [0.717, 1.165) is 37.0 Å². The summed E-state index contributed by atoms with van der Waals surface area (Å²) in [6.45, 7) is 1.73. The van der Waals surface area contributed by atoms with E-state index in [2.05, 4.69) is 5.32 Å². The Morgan fingerprint density at radius 1 is 1.16 bits per heavy atom. The van der Waals surface area contributed by atoms with E-state index in [1.807, 2.05) is 0 Å². The van der Waals surface area contributed by atoms with Gasteiger partial charge in [0, 0.05) is 17.7 Å². The van der Waals surface area contributed by atoms with Gasteiger partial charge in [-0.2, -0.15) is 0 Å². The summed E-state index contributed by atoms with van der Waals surface area (Å²) in [5, 5.41) is 14.0. The monoisotopic (exact) mass is 344 g/mol. The lowest BCUT2D eigenvalue weighted by molar-refractivity contribution is -0.384. The van der Waals surface area contributed by atoms with Gasteiger partial charge in [0.1, 0.15) is 5.75 Å². The predicted molar refractivity (Wildman–Crippen MR) is 92.2 cm³/mol. The third-order valence-electron chi connectivity index (χ3n) is 6.16. The van der Waals surface area contributed by atoms with Gasteiger partial charge >= 0.3 is 0 Å².